The fourth-order valence-electron chi connectivity index (χ4n) is 6.18. The first-order chi connectivity index (χ1) is 22.4. The quantitative estimate of drug-likeness (QED) is 0.0796. The molecule has 0 spiro atoms. The van der Waals surface area contributed by atoms with Crippen molar-refractivity contribution in [1.29, 1.82) is 0 Å². The van der Waals surface area contributed by atoms with Crippen LogP contribution in [0.5, 0.6) is 5.75 Å². The van der Waals surface area contributed by atoms with Crippen molar-refractivity contribution in [2.45, 2.75) is 42.4 Å². The molecule has 2 heterocycles. The number of amides is 2. The number of ether oxygens (including phenoxy) is 2. The number of imide groups is 1. The Balaban J connectivity index is 1.32. The number of anilines is 1. The molecule has 1 aliphatic carbocycles. The van der Waals surface area contributed by atoms with Crippen molar-refractivity contribution in [2.24, 2.45) is 11.8 Å². The number of carbonyl (C=O) groups excluding carboxylic acids is 4. The number of Topliss-reactive ketones (excluding diaryl/α,β-unsaturated/α-hetero) is 1. The average Bonchev–Trinajstić information content (AvgIpc) is 3.30. The van der Waals surface area contributed by atoms with Gasteiger partial charge in [-0.3, -0.25) is 19.3 Å². The Morgan fingerprint density at radius 2 is 1.55 bits per heavy atom. The maximum atomic E-state index is 13.7. The highest BCUT2D eigenvalue weighted by Crippen LogP contribution is 2.44. The number of nitrogens with zero attached hydrogens (tertiary/aromatic N) is 2. The molecule has 8 nitrogen and oxygen atoms in total. The Morgan fingerprint density at radius 3 is 2.13 bits per heavy atom. The average molecular weight is 848 g/mol. The van der Waals surface area contributed by atoms with Gasteiger partial charge in [-0.25, -0.2) is 9.78 Å². The zero-order valence-corrected chi connectivity index (χ0v) is 30.9. The molecule has 0 bridgehead atoms. The third-order valence-electron chi connectivity index (χ3n) is 8.80. The fourth-order valence-corrected chi connectivity index (χ4v) is 8.08. The molecule has 1 aromatic heterocycles. The summed E-state index contributed by atoms with van der Waals surface area (Å²) in [5, 5.41) is 0.947. The van der Waals surface area contributed by atoms with E-state index in [-0.39, 0.29) is 44.7 Å². The van der Waals surface area contributed by atoms with Crippen LogP contribution in [-0.2, 0) is 14.3 Å². The molecule has 2 fully saturated rings. The Morgan fingerprint density at radius 1 is 0.957 bits per heavy atom. The van der Waals surface area contributed by atoms with Crippen LogP contribution >= 0.6 is 59.4 Å². The van der Waals surface area contributed by atoms with Crippen molar-refractivity contribution in [1.82, 2.24) is 4.98 Å². The van der Waals surface area contributed by atoms with Crippen molar-refractivity contribution in [2.75, 3.05) is 12.0 Å². The van der Waals surface area contributed by atoms with Crippen molar-refractivity contribution >= 4 is 99.5 Å². The SMILES string of the molecule is COc1ccc(C(=O)C(C)OC(=O)c2cc(-c3ccc(N4C(=O)C5CC(Br)C(Br)CC5C4=O)cc3)nc3c(C)c(Cl)c(Br)cc23)cc1. The zero-order chi connectivity index (χ0) is 33.7. The molecule has 3 aromatic carbocycles. The van der Waals surface area contributed by atoms with Crippen LogP contribution in [0.3, 0.4) is 0 Å². The molecule has 47 heavy (non-hydrogen) atoms. The lowest BCUT2D eigenvalue weighted by molar-refractivity contribution is -0.122. The number of pyridine rings is 1. The molecular weight excluding hydrogens is 820 g/mol. The minimum atomic E-state index is -1.07. The minimum absolute atomic E-state index is 0.115. The van der Waals surface area contributed by atoms with E-state index < -0.39 is 12.1 Å². The second-order valence-corrected chi connectivity index (χ2v) is 15.2. The van der Waals surface area contributed by atoms with Gasteiger partial charge >= 0.3 is 5.97 Å². The van der Waals surface area contributed by atoms with Gasteiger partial charge < -0.3 is 9.47 Å². The van der Waals surface area contributed by atoms with Gasteiger partial charge in [0, 0.05) is 30.6 Å². The lowest BCUT2D eigenvalue weighted by atomic mass is 9.81. The smallest absolute Gasteiger partial charge is 0.339 e. The van der Waals surface area contributed by atoms with E-state index in [2.05, 4.69) is 47.8 Å². The Bertz CT molecular complexity index is 1910. The lowest BCUT2D eigenvalue weighted by Gasteiger charge is -2.29. The minimum Gasteiger partial charge on any atom is -0.497 e. The van der Waals surface area contributed by atoms with Crippen LogP contribution in [0.2, 0.25) is 5.02 Å². The van der Waals surface area contributed by atoms with Gasteiger partial charge in [0.15, 0.2) is 6.10 Å². The molecule has 242 valence electrons. The third-order valence-corrected chi connectivity index (χ3v) is 12.9. The molecule has 5 atom stereocenters. The van der Waals surface area contributed by atoms with Crippen molar-refractivity contribution < 1.29 is 28.7 Å². The van der Waals surface area contributed by atoms with E-state index in [0.29, 0.717) is 67.1 Å². The van der Waals surface area contributed by atoms with Gasteiger partial charge in [0.2, 0.25) is 17.6 Å². The van der Waals surface area contributed by atoms with Crippen molar-refractivity contribution in [3.8, 4) is 17.0 Å². The van der Waals surface area contributed by atoms with Crippen molar-refractivity contribution in [3.63, 3.8) is 0 Å². The number of alkyl halides is 2. The van der Waals surface area contributed by atoms with E-state index in [1.807, 2.05) is 0 Å². The monoisotopic (exact) mass is 844 g/mol. The Labute approximate surface area is 301 Å². The first-order valence-electron chi connectivity index (χ1n) is 14.8. The Hall–Kier alpha value is -3.12. The second kappa shape index (κ2) is 13.4. The van der Waals surface area contributed by atoms with Crippen LogP contribution < -0.4 is 9.64 Å². The van der Waals surface area contributed by atoms with E-state index in [4.69, 9.17) is 26.1 Å². The molecule has 5 unspecified atom stereocenters. The van der Waals surface area contributed by atoms with Gasteiger partial charge in [0.25, 0.3) is 0 Å². The van der Waals surface area contributed by atoms with Gasteiger partial charge in [-0.05, 0) is 96.7 Å². The Kier molecular flexibility index (Phi) is 9.64. The van der Waals surface area contributed by atoms with E-state index in [1.54, 1.807) is 67.6 Å². The third kappa shape index (κ3) is 6.27. The molecule has 1 saturated carbocycles. The van der Waals surface area contributed by atoms with Crippen LogP contribution in [0.25, 0.3) is 22.2 Å². The molecule has 1 aliphatic heterocycles. The molecule has 2 amide bonds. The molecule has 1 saturated heterocycles. The number of fused-ring (bicyclic) bond motifs is 2. The molecule has 0 radical (unpaired) electrons. The lowest BCUT2D eigenvalue weighted by Crippen LogP contribution is -2.34. The predicted octanol–water partition coefficient (Wildman–Crippen LogP) is 8.49. The standard InChI is InChI=1S/C35H28Br3ClN2O6/c1-16-30(39)28(38)12-22-25(35(45)47-17(2)32(42)19-6-10-21(46-3)11-7-19)15-29(40-31(16)22)18-4-8-20(9-5-18)41-33(43)23-13-26(36)27(37)14-24(23)34(41)44/h4-12,15,17,23-24,26-27H,13-14H2,1-3H3. The maximum absolute atomic E-state index is 13.7. The number of hydrogen-bond donors (Lipinski definition) is 0. The first-order valence-corrected chi connectivity index (χ1v) is 17.8. The topological polar surface area (TPSA) is 103 Å². The number of halogens is 4. The number of rotatable bonds is 7. The summed E-state index contributed by atoms with van der Waals surface area (Å²) in [6.45, 7) is 3.33. The van der Waals surface area contributed by atoms with Crippen LogP contribution in [0, 0.1) is 18.8 Å². The van der Waals surface area contributed by atoms with Gasteiger partial charge in [-0.15, -0.1) is 0 Å². The normalized spacial score (nSPS) is 21.5. The highest BCUT2D eigenvalue weighted by molar-refractivity contribution is 9.12. The summed E-state index contributed by atoms with van der Waals surface area (Å²) in [5.74, 6) is -1.57. The maximum Gasteiger partial charge on any atom is 0.339 e. The number of hydrogen-bond acceptors (Lipinski definition) is 7. The predicted molar refractivity (Wildman–Crippen MR) is 191 cm³/mol. The van der Waals surface area contributed by atoms with Crippen LogP contribution in [0.4, 0.5) is 5.69 Å². The molecule has 2 aliphatic rings. The van der Waals surface area contributed by atoms with Gasteiger partial charge in [-0.1, -0.05) is 55.6 Å². The van der Waals surface area contributed by atoms with E-state index in [0.717, 1.165) is 0 Å². The summed E-state index contributed by atoms with van der Waals surface area (Å²) < 4.78 is 11.5. The van der Waals surface area contributed by atoms with Crippen LogP contribution in [-0.4, -0.2) is 51.4 Å². The number of ketones is 1. The summed E-state index contributed by atoms with van der Waals surface area (Å²) in [7, 11) is 1.54. The van der Waals surface area contributed by atoms with E-state index in [9.17, 15) is 19.2 Å². The van der Waals surface area contributed by atoms with E-state index >= 15 is 0 Å². The summed E-state index contributed by atoms with van der Waals surface area (Å²) >= 11 is 17.3. The highest BCUT2D eigenvalue weighted by atomic mass is 79.9. The van der Waals surface area contributed by atoms with E-state index in [1.165, 1.54) is 18.9 Å². The number of benzene rings is 3. The molecular formula is C35H28Br3ClN2O6. The fraction of sp³-hybridized carbons (Fsp3) is 0.286. The van der Waals surface area contributed by atoms with Crippen molar-refractivity contribution in [3.05, 3.63) is 86.8 Å². The van der Waals surface area contributed by atoms with Crippen LogP contribution in [0.1, 0.15) is 46.0 Å². The number of aryl methyl sites for hydroxylation is 1. The second-order valence-electron chi connectivity index (χ2n) is 11.7. The summed E-state index contributed by atoms with van der Waals surface area (Å²) in [4.78, 5) is 59.8. The number of aromatic nitrogens is 1. The summed E-state index contributed by atoms with van der Waals surface area (Å²) in [5.41, 5.74) is 3.29. The number of carbonyl (C=O) groups is 4. The van der Waals surface area contributed by atoms with Gasteiger partial charge in [0.1, 0.15) is 5.75 Å². The number of esters is 1. The first kappa shape index (κ1) is 33.8. The summed E-state index contributed by atoms with van der Waals surface area (Å²) in [6, 6.07) is 16.8. The largest absolute Gasteiger partial charge is 0.497 e. The highest BCUT2D eigenvalue weighted by Gasteiger charge is 2.52. The molecule has 6 rings (SSSR count). The van der Waals surface area contributed by atoms with Crippen LogP contribution in [0.15, 0.2) is 65.1 Å². The number of methoxy groups -OCH3 is 1. The summed E-state index contributed by atoms with van der Waals surface area (Å²) in [6.07, 6.45) is 0.0989. The molecule has 4 aromatic rings. The van der Waals surface area contributed by atoms with Gasteiger partial charge in [0.05, 0.1) is 46.4 Å². The molecule has 12 heteroatoms. The molecule has 0 N–H and O–H groups in total. The van der Waals surface area contributed by atoms with Gasteiger partial charge in [-0.2, -0.15) is 0 Å². The zero-order valence-electron chi connectivity index (χ0n) is 25.4.